The van der Waals surface area contributed by atoms with Crippen LogP contribution in [0.5, 0.6) is 0 Å². The van der Waals surface area contributed by atoms with Gasteiger partial charge >= 0.3 is 5.63 Å². The first-order valence-electron chi connectivity index (χ1n) is 10.4. The van der Waals surface area contributed by atoms with Crippen molar-refractivity contribution in [2.45, 2.75) is 66.0 Å². The number of carbonyl (C=O) groups excluding carboxylic acids is 1. The fraction of sp³-hybridized carbons (Fsp3) is 0.591. The van der Waals surface area contributed by atoms with Crippen LogP contribution >= 0.6 is 0 Å². The van der Waals surface area contributed by atoms with E-state index in [1.165, 1.54) is 0 Å². The third-order valence-corrected chi connectivity index (χ3v) is 5.79. The number of hydrogen-bond acceptors (Lipinski definition) is 5. The Kier molecular flexibility index (Phi) is 6.27. The summed E-state index contributed by atoms with van der Waals surface area (Å²) in [7, 11) is 1.71. The van der Waals surface area contributed by atoms with Gasteiger partial charge in [0, 0.05) is 43.4 Å². The third-order valence-electron chi connectivity index (χ3n) is 5.79. The Balaban J connectivity index is 1.84. The highest BCUT2D eigenvalue weighted by Crippen LogP contribution is 2.24. The van der Waals surface area contributed by atoms with Crippen molar-refractivity contribution in [3.8, 4) is 0 Å². The maximum atomic E-state index is 13.1. The highest BCUT2D eigenvalue weighted by molar-refractivity contribution is 5.95. The normalized spacial score (nSPS) is 17.0. The first-order valence-corrected chi connectivity index (χ1v) is 10.4. The minimum atomic E-state index is -0.547. The zero-order valence-electron chi connectivity index (χ0n) is 18.3. The molecular weight excluding hydrogens is 368 g/mol. The van der Waals surface area contributed by atoms with Gasteiger partial charge in [-0.1, -0.05) is 0 Å². The second-order valence-electron chi connectivity index (χ2n) is 8.39. The van der Waals surface area contributed by atoms with E-state index in [1.54, 1.807) is 11.9 Å². The van der Waals surface area contributed by atoms with Gasteiger partial charge in [0.2, 0.25) is 0 Å². The third kappa shape index (κ3) is 4.29. The molecule has 1 fully saturated rings. The van der Waals surface area contributed by atoms with Crippen LogP contribution in [0.15, 0.2) is 15.3 Å². The van der Waals surface area contributed by atoms with Gasteiger partial charge in [-0.25, -0.2) is 4.79 Å². The summed E-state index contributed by atoms with van der Waals surface area (Å²) >= 11 is 0. The Morgan fingerprint density at radius 3 is 2.66 bits per heavy atom. The Morgan fingerprint density at radius 2 is 2.10 bits per heavy atom. The van der Waals surface area contributed by atoms with Crippen LogP contribution in [0.2, 0.25) is 0 Å². The molecule has 0 bridgehead atoms. The van der Waals surface area contributed by atoms with Crippen molar-refractivity contribution in [2.24, 2.45) is 0 Å². The number of amides is 1. The molecule has 3 heterocycles. The van der Waals surface area contributed by atoms with E-state index in [2.05, 4.69) is 24.3 Å². The number of aromatic nitrogens is 2. The average Bonchev–Trinajstić information content (AvgIpc) is 2.96. The van der Waals surface area contributed by atoms with Crippen molar-refractivity contribution < 1.29 is 9.21 Å². The zero-order chi connectivity index (χ0) is 21.3. The van der Waals surface area contributed by atoms with E-state index in [0.717, 1.165) is 42.9 Å². The van der Waals surface area contributed by atoms with E-state index < -0.39 is 5.63 Å². The predicted molar refractivity (Wildman–Crippen MR) is 112 cm³/mol. The summed E-state index contributed by atoms with van der Waals surface area (Å²) in [5, 5.41) is 7.92. The van der Waals surface area contributed by atoms with Crippen molar-refractivity contribution >= 4 is 5.91 Å². The number of piperidine rings is 1. The van der Waals surface area contributed by atoms with Gasteiger partial charge in [-0.15, -0.1) is 0 Å². The monoisotopic (exact) mass is 400 g/mol. The molecule has 29 heavy (non-hydrogen) atoms. The fourth-order valence-corrected chi connectivity index (χ4v) is 4.11. The highest BCUT2D eigenvalue weighted by Gasteiger charge is 2.25. The van der Waals surface area contributed by atoms with E-state index in [-0.39, 0.29) is 23.4 Å². The van der Waals surface area contributed by atoms with Crippen molar-refractivity contribution in [2.75, 3.05) is 20.1 Å². The molecule has 2 aromatic rings. The maximum absolute atomic E-state index is 13.1. The number of nitrogens with zero attached hydrogens (tertiary/aromatic N) is 3. The fourth-order valence-electron chi connectivity index (χ4n) is 4.11. The number of hydrogen-bond donors (Lipinski definition) is 1. The van der Waals surface area contributed by atoms with Crippen molar-refractivity contribution in [3.05, 3.63) is 50.3 Å². The molecule has 1 atom stereocenters. The molecule has 3 rings (SSSR count). The molecule has 0 saturated carbocycles. The Bertz CT molecular complexity index is 952. The number of nitrogens with one attached hydrogen (secondary N) is 1. The summed E-state index contributed by atoms with van der Waals surface area (Å²) in [4.78, 5) is 27.3. The molecule has 1 saturated heterocycles. The number of rotatable bonds is 5. The van der Waals surface area contributed by atoms with Gasteiger partial charge in [0.15, 0.2) is 0 Å². The van der Waals surface area contributed by atoms with E-state index in [0.29, 0.717) is 17.9 Å². The molecule has 1 amide bonds. The molecule has 0 aliphatic carbocycles. The zero-order valence-corrected chi connectivity index (χ0v) is 18.3. The van der Waals surface area contributed by atoms with E-state index >= 15 is 0 Å². The summed E-state index contributed by atoms with van der Waals surface area (Å²) < 4.78 is 7.54. The first kappa shape index (κ1) is 21.3. The lowest BCUT2D eigenvalue weighted by molar-refractivity contribution is 0.0778. The SMILES string of the molecule is Cc1cc(C2CCCNC2)oc(=O)c1C(=O)N(C)Cc1c(C)nn(C(C)C)c1C. The lowest BCUT2D eigenvalue weighted by Crippen LogP contribution is -2.33. The summed E-state index contributed by atoms with van der Waals surface area (Å²) in [6.45, 7) is 12.1. The molecule has 1 N–H and O–H groups in total. The van der Waals surface area contributed by atoms with Crippen molar-refractivity contribution in [3.63, 3.8) is 0 Å². The molecule has 2 aromatic heterocycles. The maximum Gasteiger partial charge on any atom is 0.349 e. The number of carbonyl (C=O) groups is 1. The molecule has 7 nitrogen and oxygen atoms in total. The molecule has 158 valence electrons. The van der Waals surface area contributed by atoms with Crippen LogP contribution in [-0.4, -0.2) is 40.7 Å². The second kappa shape index (κ2) is 8.53. The molecule has 0 spiro atoms. The minimum absolute atomic E-state index is 0.117. The van der Waals surface area contributed by atoms with Gasteiger partial charge < -0.3 is 14.6 Å². The Morgan fingerprint density at radius 1 is 1.38 bits per heavy atom. The predicted octanol–water partition coefficient (Wildman–Crippen LogP) is 3.08. The average molecular weight is 401 g/mol. The first-order chi connectivity index (χ1) is 13.7. The Labute approximate surface area is 172 Å². The number of aryl methyl sites for hydroxylation is 2. The van der Waals surface area contributed by atoms with Crippen molar-refractivity contribution in [1.82, 2.24) is 20.0 Å². The summed E-state index contributed by atoms with van der Waals surface area (Å²) in [6, 6.07) is 2.10. The van der Waals surface area contributed by atoms with Crippen LogP contribution in [0.25, 0.3) is 0 Å². The topological polar surface area (TPSA) is 80.4 Å². The lowest BCUT2D eigenvalue weighted by Gasteiger charge is -2.23. The lowest BCUT2D eigenvalue weighted by atomic mass is 9.95. The molecule has 1 aliphatic rings. The van der Waals surface area contributed by atoms with E-state index in [4.69, 9.17) is 4.42 Å². The van der Waals surface area contributed by atoms with Gasteiger partial charge in [-0.05, 0) is 65.6 Å². The summed E-state index contributed by atoms with van der Waals surface area (Å²) in [5.41, 5.74) is 3.20. The highest BCUT2D eigenvalue weighted by atomic mass is 16.4. The van der Waals surface area contributed by atoms with E-state index in [1.807, 2.05) is 31.5 Å². The summed E-state index contributed by atoms with van der Waals surface area (Å²) in [5.74, 6) is 0.536. The molecule has 0 radical (unpaired) electrons. The van der Waals surface area contributed by atoms with Gasteiger partial charge in [-0.2, -0.15) is 5.10 Å². The molecule has 0 aromatic carbocycles. The Hall–Kier alpha value is -2.41. The van der Waals surface area contributed by atoms with Crippen LogP contribution in [0.3, 0.4) is 0 Å². The van der Waals surface area contributed by atoms with Gasteiger partial charge in [-0.3, -0.25) is 9.48 Å². The smallest absolute Gasteiger partial charge is 0.349 e. The van der Waals surface area contributed by atoms with Crippen LogP contribution < -0.4 is 10.9 Å². The van der Waals surface area contributed by atoms with Crippen LogP contribution in [0.1, 0.15) is 77.3 Å². The molecule has 1 unspecified atom stereocenters. The second-order valence-corrected chi connectivity index (χ2v) is 8.39. The van der Waals surface area contributed by atoms with Gasteiger partial charge in [0.25, 0.3) is 5.91 Å². The van der Waals surface area contributed by atoms with Crippen LogP contribution in [0.4, 0.5) is 0 Å². The van der Waals surface area contributed by atoms with Crippen LogP contribution in [0, 0.1) is 20.8 Å². The van der Waals surface area contributed by atoms with Gasteiger partial charge in [0.05, 0.1) is 5.69 Å². The molecular formula is C22H32N4O3. The standard InChI is InChI=1S/C22H32N4O3/c1-13(2)26-16(5)18(15(4)24-26)12-25(6)21(27)20-14(3)10-19(29-22(20)28)17-8-7-9-23-11-17/h10,13,17,23H,7-9,11-12H2,1-6H3. The largest absolute Gasteiger partial charge is 0.427 e. The molecule has 1 aliphatic heterocycles. The van der Waals surface area contributed by atoms with Gasteiger partial charge in [0.1, 0.15) is 11.3 Å². The molecule has 7 heteroatoms. The van der Waals surface area contributed by atoms with Crippen molar-refractivity contribution in [1.29, 1.82) is 0 Å². The quantitative estimate of drug-likeness (QED) is 0.834. The van der Waals surface area contributed by atoms with Crippen LogP contribution in [-0.2, 0) is 6.54 Å². The van der Waals surface area contributed by atoms with E-state index in [9.17, 15) is 9.59 Å². The minimum Gasteiger partial charge on any atom is -0.427 e. The summed E-state index contributed by atoms with van der Waals surface area (Å²) in [6.07, 6.45) is 2.04.